The Hall–Kier alpha value is -3.52. The molecule has 0 bridgehead atoms. The van der Waals surface area contributed by atoms with Gasteiger partial charge < -0.3 is 5.11 Å². The molecule has 1 aromatic carbocycles. The smallest absolute Gasteiger partial charge is 0.315 e. The van der Waals surface area contributed by atoms with Crippen molar-refractivity contribution < 1.29 is 18.3 Å². The van der Waals surface area contributed by atoms with E-state index < -0.39 is 21.4 Å². The minimum Gasteiger partial charge on any atom is -0.481 e. The molecular weight excluding hydrogens is 438 g/mol. The van der Waals surface area contributed by atoms with Gasteiger partial charge in [0.2, 0.25) is 0 Å². The van der Waals surface area contributed by atoms with Crippen molar-refractivity contribution in [3.05, 3.63) is 78.2 Å². The van der Waals surface area contributed by atoms with Gasteiger partial charge in [-0.25, -0.2) is 17.4 Å². The summed E-state index contributed by atoms with van der Waals surface area (Å²) < 4.78 is 27.7. The molecule has 0 aliphatic rings. The Labute approximate surface area is 192 Å². The van der Waals surface area contributed by atoms with Gasteiger partial charge in [0.05, 0.1) is 16.3 Å². The van der Waals surface area contributed by atoms with Crippen LogP contribution in [0.5, 0.6) is 0 Å². The molecule has 4 rings (SSSR count). The second-order valence-corrected chi connectivity index (χ2v) is 10.1. The fourth-order valence-corrected chi connectivity index (χ4v) is 5.29. The van der Waals surface area contributed by atoms with E-state index in [9.17, 15) is 18.3 Å². The molecule has 1 N–H and O–H groups in total. The summed E-state index contributed by atoms with van der Waals surface area (Å²) in [4.78, 5) is 21.2. The minimum absolute atomic E-state index is 0.176. The standard InChI is InChI=1S/C25H25N3O4S/c1-4-14-25(3,24(29)30)22-7-5-6-21(27-22)19-12-15-26-23-20(19)13-16-28(23)33(31,32)18-10-8-17(2)9-11-18/h5-13,15-16H,4,14H2,1-3H3,(H,29,30). The van der Waals surface area contributed by atoms with Gasteiger partial charge in [0.15, 0.2) is 5.65 Å². The zero-order valence-corrected chi connectivity index (χ0v) is 19.5. The Kier molecular flexibility index (Phi) is 5.80. The number of hydrogen-bond donors (Lipinski definition) is 1. The topological polar surface area (TPSA) is 102 Å². The fraction of sp³-hybridized carbons (Fsp3) is 0.240. The highest BCUT2D eigenvalue weighted by molar-refractivity contribution is 7.90. The quantitative estimate of drug-likeness (QED) is 0.423. The van der Waals surface area contributed by atoms with E-state index in [-0.39, 0.29) is 10.5 Å². The molecule has 1 unspecified atom stereocenters. The van der Waals surface area contributed by atoms with E-state index in [1.807, 2.05) is 13.8 Å². The number of hydrogen-bond acceptors (Lipinski definition) is 5. The number of pyridine rings is 2. The number of carboxylic acids is 1. The van der Waals surface area contributed by atoms with Crippen LogP contribution in [0, 0.1) is 6.92 Å². The predicted octanol–water partition coefficient (Wildman–Crippen LogP) is 4.79. The summed E-state index contributed by atoms with van der Waals surface area (Å²) >= 11 is 0. The van der Waals surface area contributed by atoms with Crippen LogP contribution in [-0.2, 0) is 20.2 Å². The highest BCUT2D eigenvalue weighted by Gasteiger charge is 2.36. The van der Waals surface area contributed by atoms with Gasteiger partial charge in [-0.15, -0.1) is 0 Å². The highest BCUT2D eigenvalue weighted by atomic mass is 32.2. The van der Waals surface area contributed by atoms with Crippen molar-refractivity contribution in [1.82, 2.24) is 13.9 Å². The number of benzene rings is 1. The molecule has 0 radical (unpaired) electrons. The van der Waals surface area contributed by atoms with E-state index in [1.54, 1.807) is 61.5 Å². The highest BCUT2D eigenvalue weighted by Crippen LogP contribution is 2.33. The van der Waals surface area contributed by atoms with Crippen molar-refractivity contribution in [3.63, 3.8) is 0 Å². The van der Waals surface area contributed by atoms with Crippen LogP contribution in [-0.4, -0.2) is 33.4 Å². The Morgan fingerprint density at radius 3 is 2.48 bits per heavy atom. The Morgan fingerprint density at radius 2 is 1.82 bits per heavy atom. The first-order chi connectivity index (χ1) is 15.7. The average Bonchev–Trinajstić information content (AvgIpc) is 3.24. The van der Waals surface area contributed by atoms with Gasteiger partial charge in [0, 0.05) is 23.3 Å². The molecule has 3 aromatic heterocycles. The zero-order chi connectivity index (χ0) is 23.8. The van der Waals surface area contributed by atoms with E-state index in [1.165, 1.54) is 16.4 Å². The van der Waals surface area contributed by atoms with Crippen LogP contribution in [0.4, 0.5) is 0 Å². The zero-order valence-electron chi connectivity index (χ0n) is 18.7. The van der Waals surface area contributed by atoms with Gasteiger partial charge in [-0.1, -0.05) is 37.1 Å². The number of fused-ring (bicyclic) bond motifs is 1. The van der Waals surface area contributed by atoms with E-state index in [0.29, 0.717) is 35.2 Å². The molecule has 0 saturated carbocycles. The first kappa shape index (κ1) is 22.7. The first-order valence-corrected chi connectivity index (χ1v) is 12.1. The van der Waals surface area contributed by atoms with Gasteiger partial charge in [0.25, 0.3) is 10.0 Å². The van der Waals surface area contributed by atoms with Gasteiger partial charge in [-0.05, 0) is 56.7 Å². The third-order valence-corrected chi connectivity index (χ3v) is 7.63. The third kappa shape index (κ3) is 3.91. The lowest BCUT2D eigenvalue weighted by molar-refractivity contribution is -0.143. The van der Waals surface area contributed by atoms with Crippen molar-refractivity contribution in [2.75, 3.05) is 0 Å². The number of aliphatic carboxylic acids is 1. The molecule has 0 aliphatic heterocycles. The Morgan fingerprint density at radius 1 is 1.09 bits per heavy atom. The van der Waals surface area contributed by atoms with Gasteiger partial charge in [0.1, 0.15) is 5.41 Å². The summed E-state index contributed by atoms with van der Waals surface area (Å²) in [5.41, 5.74) is 1.85. The normalized spacial score (nSPS) is 13.7. The van der Waals surface area contributed by atoms with Gasteiger partial charge >= 0.3 is 5.97 Å². The number of carbonyl (C=O) groups is 1. The Bertz CT molecular complexity index is 1440. The summed E-state index contributed by atoms with van der Waals surface area (Å²) in [6.45, 7) is 5.51. The molecule has 0 saturated heterocycles. The molecule has 33 heavy (non-hydrogen) atoms. The number of nitrogens with zero attached hydrogens (tertiary/aromatic N) is 3. The van der Waals surface area contributed by atoms with Crippen LogP contribution in [0.3, 0.4) is 0 Å². The van der Waals surface area contributed by atoms with E-state index >= 15 is 0 Å². The molecule has 7 nitrogen and oxygen atoms in total. The summed E-state index contributed by atoms with van der Waals surface area (Å²) in [5, 5.41) is 10.5. The van der Waals surface area contributed by atoms with Crippen LogP contribution in [0.15, 0.2) is 71.9 Å². The molecule has 1 atom stereocenters. The summed E-state index contributed by atoms with van der Waals surface area (Å²) in [7, 11) is -3.83. The Balaban J connectivity index is 1.84. The van der Waals surface area contributed by atoms with Crippen molar-refractivity contribution in [1.29, 1.82) is 0 Å². The van der Waals surface area contributed by atoms with Gasteiger partial charge in [-0.2, -0.15) is 0 Å². The van der Waals surface area contributed by atoms with Crippen molar-refractivity contribution in [2.45, 2.75) is 43.9 Å². The van der Waals surface area contributed by atoms with Crippen LogP contribution >= 0.6 is 0 Å². The van der Waals surface area contributed by atoms with Crippen LogP contribution in [0.25, 0.3) is 22.3 Å². The lowest BCUT2D eigenvalue weighted by Crippen LogP contribution is -2.33. The third-order valence-electron chi connectivity index (χ3n) is 5.94. The van der Waals surface area contributed by atoms with Crippen molar-refractivity contribution in [3.8, 4) is 11.3 Å². The van der Waals surface area contributed by atoms with Crippen LogP contribution < -0.4 is 0 Å². The van der Waals surface area contributed by atoms with E-state index in [2.05, 4.69) is 9.97 Å². The first-order valence-electron chi connectivity index (χ1n) is 10.7. The molecule has 0 aliphatic carbocycles. The van der Waals surface area contributed by atoms with Crippen molar-refractivity contribution in [2.24, 2.45) is 0 Å². The maximum Gasteiger partial charge on any atom is 0.315 e. The average molecular weight is 464 g/mol. The van der Waals surface area contributed by atoms with E-state index in [0.717, 1.165) is 5.56 Å². The molecule has 4 aromatic rings. The molecule has 0 amide bonds. The second kappa shape index (κ2) is 8.44. The molecule has 0 spiro atoms. The summed E-state index contributed by atoms with van der Waals surface area (Å²) in [5.74, 6) is -0.927. The summed E-state index contributed by atoms with van der Waals surface area (Å²) in [6, 6.07) is 15.4. The lowest BCUT2D eigenvalue weighted by atomic mass is 9.82. The van der Waals surface area contributed by atoms with Crippen LogP contribution in [0.1, 0.15) is 37.9 Å². The second-order valence-electron chi connectivity index (χ2n) is 8.32. The van der Waals surface area contributed by atoms with Gasteiger partial charge in [-0.3, -0.25) is 9.78 Å². The van der Waals surface area contributed by atoms with Crippen molar-refractivity contribution >= 4 is 27.0 Å². The largest absolute Gasteiger partial charge is 0.481 e. The molecule has 3 heterocycles. The number of aryl methyl sites for hydroxylation is 1. The molecular formula is C25H25N3O4S. The number of rotatable bonds is 7. The fourth-order valence-electron chi connectivity index (χ4n) is 3.99. The monoisotopic (exact) mass is 463 g/mol. The number of aromatic nitrogens is 3. The van der Waals surface area contributed by atoms with Crippen LogP contribution in [0.2, 0.25) is 0 Å². The predicted molar refractivity (Wildman–Crippen MR) is 127 cm³/mol. The minimum atomic E-state index is -3.83. The molecule has 170 valence electrons. The van der Waals surface area contributed by atoms with E-state index in [4.69, 9.17) is 0 Å². The lowest BCUT2D eigenvalue weighted by Gasteiger charge is -2.24. The molecule has 8 heteroatoms. The maximum absolute atomic E-state index is 13.2. The number of carboxylic acid groups (broad SMARTS) is 1. The summed E-state index contributed by atoms with van der Waals surface area (Å²) in [6.07, 6.45) is 4.18. The SMILES string of the molecule is CCCC(C)(C(=O)O)c1cccc(-c2ccnc3c2ccn3S(=O)(=O)c2ccc(C)cc2)n1. The maximum atomic E-state index is 13.2. The molecule has 0 fully saturated rings.